The van der Waals surface area contributed by atoms with Crippen LogP contribution in [0.5, 0.6) is 0 Å². The molecular weight excluding hydrogens is 176 g/mol. The molecule has 0 aliphatic heterocycles. The van der Waals surface area contributed by atoms with Crippen LogP contribution in [-0.4, -0.2) is 48.8 Å². The largest absolute Gasteiger partial charge is 0.388 e. The summed E-state index contributed by atoms with van der Waals surface area (Å²) in [5, 5.41) is 13.4. The molecule has 2 unspecified atom stereocenters. The summed E-state index contributed by atoms with van der Waals surface area (Å²) < 4.78 is 0. The van der Waals surface area contributed by atoms with Crippen LogP contribution in [0.15, 0.2) is 0 Å². The minimum Gasteiger partial charge on any atom is -0.388 e. The second kappa shape index (κ2) is 5.69. The van der Waals surface area contributed by atoms with E-state index < -0.39 is 5.60 Å². The maximum absolute atomic E-state index is 10.0. The Bertz CT molecular complexity index is 155. The van der Waals surface area contributed by atoms with Crippen LogP contribution in [0.25, 0.3) is 0 Å². The molecule has 2 atom stereocenters. The highest BCUT2D eigenvalue weighted by Crippen LogP contribution is 2.05. The van der Waals surface area contributed by atoms with Gasteiger partial charge in [0.15, 0.2) is 0 Å². The topological polar surface area (TPSA) is 35.5 Å². The van der Waals surface area contributed by atoms with Crippen molar-refractivity contribution in [3.05, 3.63) is 0 Å². The van der Waals surface area contributed by atoms with E-state index in [1.165, 1.54) is 0 Å². The zero-order valence-electron chi connectivity index (χ0n) is 10.5. The van der Waals surface area contributed by atoms with Crippen molar-refractivity contribution in [2.45, 2.75) is 39.3 Å². The van der Waals surface area contributed by atoms with Gasteiger partial charge in [-0.1, -0.05) is 13.8 Å². The lowest BCUT2D eigenvalue weighted by Crippen LogP contribution is -2.48. The summed E-state index contributed by atoms with van der Waals surface area (Å²) in [6, 6.07) is 0.448. The SMILES string of the molecule is CC(C)C(C)NCC(C)(O)CN(C)C. The number of rotatable bonds is 6. The van der Waals surface area contributed by atoms with Crippen molar-refractivity contribution in [1.82, 2.24) is 10.2 Å². The third kappa shape index (κ3) is 6.35. The molecule has 0 fully saturated rings. The lowest BCUT2D eigenvalue weighted by atomic mass is 10.0. The Kier molecular flexibility index (Phi) is 5.64. The number of hydrogen-bond acceptors (Lipinski definition) is 3. The number of likely N-dealkylation sites (N-methyl/N-ethyl adjacent to an activating group) is 1. The van der Waals surface area contributed by atoms with Crippen LogP contribution in [0.1, 0.15) is 27.7 Å². The van der Waals surface area contributed by atoms with Gasteiger partial charge in [-0.3, -0.25) is 0 Å². The van der Waals surface area contributed by atoms with Gasteiger partial charge in [-0.2, -0.15) is 0 Å². The van der Waals surface area contributed by atoms with Gasteiger partial charge in [-0.25, -0.2) is 0 Å². The van der Waals surface area contributed by atoms with Gasteiger partial charge in [0.2, 0.25) is 0 Å². The molecule has 3 heteroatoms. The fourth-order valence-electron chi connectivity index (χ4n) is 1.35. The molecule has 0 spiro atoms. The standard InChI is InChI=1S/C11H26N2O/c1-9(2)10(3)12-7-11(4,14)8-13(5)6/h9-10,12,14H,7-8H2,1-6H3. The van der Waals surface area contributed by atoms with Gasteiger partial charge in [0, 0.05) is 19.1 Å². The molecule has 0 amide bonds. The highest BCUT2D eigenvalue weighted by atomic mass is 16.3. The van der Waals surface area contributed by atoms with E-state index in [0.29, 0.717) is 25.0 Å². The highest BCUT2D eigenvalue weighted by Gasteiger charge is 2.22. The van der Waals surface area contributed by atoms with Crippen molar-refractivity contribution in [2.75, 3.05) is 27.2 Å². The average Bonchev–Trinajstić information content (AvgIpc) is 1.97. The summed E-state index contributed by atoms with van der Waals surface area (Å²) in [6.45, 7) is 9.70. The molecular formula is C11H26N2O. The van der Waals surface area contributed by atoms with Crippen molar-refractivity contribution in [3.8, 4) is 0 Å². The van der Waals surface area contributed by atoms with Gasteiger partial charge in [-0.15, -0.1) is 0 Å². The van der Waals surface area contributed by atoms with Gasteiger partial charge < -0.3 is 15.3 Å². The first-order valence-corrected chi connectivity index (χ1v) is 5.35. The molecule has 0 aliphatic carbocycles. The maximum atomic E-state index is 10.0. The van der Waals surface area contributed by atoms with E-state index >= 15 is 0 Å². The van der Waals surface area contributed by atoms with Crippen LogP contribution >= 0.6 is 0 Å². The van der Waals surface area contributed by atoms with E-state index in [4.69, 9.17) is 0 Å². The molecule has 0 aromatic carbocycles. The minimum atomic E-state index is -0.646. The van der Waals surface area contributed by atoms with Crippen molar-refractivity contribution < 1.29 is 5.11 Å². The lowest BCUT2D eigenvalue weighted by Gasteiger charge is -2.29. The van der Waals surface area contributed by atoms with Crippen LogP contribution in [0, 0.1) is 5.92 Å². The number of nitrogens with one attached hydrogen (secondary N) is 1. The van der Waals surface area contributed by atoms with Crippen LogP contribution in [0.4, 0.5) is 0 Å². The molecule has 0 radical (unpaired) electrons. The summed E-state index contributed by atoms with van der Waals surface area (Å²) in [4.78, 5) is 2.00. The fourth-order valence-corrected chi connectivity index (χ4v) is 1.35. The zero-order valence-corrected chi connectivity index (χ0v) is 10.5. The van der Waals surface area contributed by atoms with E-state index in [-0.39, 0.29) is 0 Å². The predicted octanol–water partition coefficient (Wildman–Crippen LogP) is 0.933. The number of hydrogen-bond donors (Lipinski definition) is 2. The third-order valence-electron chi connectivity index (χ3n) is 2.46. The Morgan fingerprint density at radius 2 is 1.79 bits per heavy atom. The van der Waals surface area contributed by atoms with Crippen LogP contribution in [-0.2, 0) is 0 Å². The zero-order chi connectivity index (χ0) is 11.4. The third-order valence-corrected chi connectivity index (χ3v) is 2.46. The molecule has 0 saturated carbocycles. The molecule has 0 saturated heterocycles. The van der Waals surface area contributed by atoms with E-state index in [2.05, 4.69) is 26.1 Å². The Hall–Kier alpha value is -0.120. The minimum absolute atomic E-state index is 0.448. The maximum Gasteiger partial charge on any atom is 0.0869 e. The van der Waals surface area contributed by atoms with Gasteiger partial charge in [0.1, 0.15) is 0 Å². The Morgan fingerprint density at radius 3 is 2.14 bits per heavy atom. The first-order valence-electron chi connectivity index (χ1n) is 5.35. The highest BCUT2D eigenvalue weighted by molar-refractivity contribution is 4.80. The normalized spacial score (nSPS) is 18.6. The molecule has 0 heterocycles. The Labute approximate surface area is 88.5 Å². The summed E-state index contributed by atoms with van der Waals surface area (Å²) in [5.74, 6) is 0.602. The second-order valence-electron chi connectivity index (χ2n) is 5.15. The molecule has 0 aromatic rings. The molecule has 0 bridgehead atoms. The molecule has 0 aliphatic rings. The van der Waals surface area contributed by atoms with Crippen LogP contribution in [0.2, 0.25) is 0 Å². The Balaban J connectivity index is 3.86. The van der Waals surface area contributed by atoms with Crippen LogP contribution < -0.4 is 5.32 Å². The quantitative estimate of drug-likeness (QED) is 0.673. The fraction of sp³-hybridized carbons (Fsp3) is 1.00. The Morgan fingerprint density at radius 1 is 1.29 bits per heavy atom. The number of nitrogens with zero attached hydrogens (tertiary/aromatic N) is 1. The van der Waals surface area contributed by atoms with E-state index in [1.54, 1.807) is 0 Å². The number of aliphatic hydroxyl groups is 1. The average molecular weight is 202 g/mol. The van der Waals surface area contributed by atoms with Crippen LogP contribution in [0.3, 0.4) is 0 Å². The predicted molar refractivity (Wildman–Crippen MR) is 61.5 cm³/mol. The van der Waals surface area contributed by atoms with Crippen molar-refractivity contribution in [1.29, 1.82) is 0 Å². The first-order chi connectivity index (χ1) is 6.24. The van der Waals surface area contributed by atoms with E-state index in [0.717, 1.165) is 0 Å². The van der Waals surface area contributed by atoms with E-state index in [1.807, 2.05) is 25.9 Å². The first kappa shape index (κ1) is 13.9. The summed E-state index contributed by atoms with van der Waals surface area (Å²) in [7, 11) is 3.95. The molecule has 2 N–H and O–H groups in total. The monoisotopic (exact) mass is 202 g/mol. The molecule has 3 nitrogen and oxygen atoms in total. The lowest BCUT2D eigenvalue weighted by molar-refractivity contribution is 0.0305. The summed E-state index contributed by atoms with van der Waals surface area (Å²) >= 11 is 0. The van der Waals surface area contributed by atoms with Gasteiger partial charge in [0.05, 0.1) is 5.60 Å². The molecule has 0 aromatic heterocycles. The van der Waals surface area contributed by atoms with E-state index in [9.17, 15) is 5.11 Å². The van der Waals surface area contributed by atoms with Gasteiger partial charge in [0.25, 0.3) is 0 Å². The summed E-state index contributed by atoms with van der Waals surface area (Å²) in [5.41, 5.74) is -0.646. The van der Waals surface area contributed by atoms with Crippen molar-refractivity contribution in [2.24, 2.45) is 5.92 Å². The second-order valence-corrected chi connectivity index (χ2v) is 5.15. The van der Waals surface area contributed by atoms with Crippen molar-refractivity contribution in [3.63, 3.8) is 0 Å². The van der Waals surface area contributed by atoms with Gasteiger partial charge >= 0.3 is 0 Å². The molecule has 86 valence electrons. The smallest absolute Gasteiger partial charge is 0.0869 e. The molecule has 14 heavy (non-hydrogen) atoms. The van der Waals surface area contributed by atoms with Gasteiger partial charge in [-0.05, 0) is 33.9 Å². The van der Waals surface area contributed by atoms with Crippen molar-refractivity contribution >= 4 is 0 Å². The summed E-state index contributed by atoms with van der Waals surface area (Å²) in [6.07, 6.45) is 0. The molecule has 0 rings (SSSR count).